The van der Waals surface area contributed by atoms with Gasteiger partial charge in [-0.3, -0.25) is 0 Å². The van der Waals surface area contributed by atoms with E-state index in [1.807, 2.05) is 0 Å². The van der Waals surface area contributed by atoms with E-state index in [2.05, 4.69) is 0 Å². The predicted octanol–water partition coefficient (Wildman–Crippen LogP) is 1.82. The standard InChI is InChI=1S/C19H20F2N2O6S2/c1-13-12-22(31(26,27)19-15(20)3-2-4-16(19)21)7-8-23(13)30(24,25)14-5-6-17-18(11-14)29-10-9-28-17/h2-6,11,13H,7-10,12H2,1H3/t13-/m0/s1. The van der Waals surface area contributed by atoms with Crippen LogP contribution in [0.3, 0.4) is 0 Å². The minimum atomic E-state index is -4.48. The molecule has 4 rings (SSSR count). The first-order valence-corrected chi connectivity index (χ1v) is 12.4. The van der Waals surface area contributed by atoms with Gasteiger partial charge >= 0.3 is 0 Å². The molecule has 8 nitrogen and oxygen atoms in total. The molecule has 2 aliphatic heterocycles. The second-order valence-corrected chi connectivity index (χ2v) is 10.9. The summed E-state index contributed by atoms with van der Waals surface area (Å²) in [5, 5.41) is 0. The molecular formula is C19H20F2N2O6S2. The lowest BCUT2D eigenvalue weighted by atomic mass is 10.3. The highest BCUT2D eigenvalue weighted by molar-refractivity contribution is 7.89. The smallest absolute Gasteiger partial charge is 0.249 e. The Morgan fingerprint density at radius 2 is 1.55 bits per heavy atom. The highest BCUT2D eigenvalue weighted by Gasteiger charge is 2.40. The van der Waals surface area contributed by atoms with E-state index < -0.39 is 42.6 Å². The summed E-state index contributed by atoms with van der Waals surface area (Å²) in [6.07, 6.45) is 0. The van der Waals surface area contributed by atoms with Crippen molar-refractivity contribution >= 4 is 20.0 Å². The Labute approximate surface area is 179 Å². The van der Waals surface area contributed by atoms with E-state index in [-0.39, 0.29) is 24.5 Å². The van der Waals surface area contributed by atoms with E-state index in [1.54, 1.807) is 0 Å². The molecule has 168 valence electrons. The van der Waals surface area contributed by atoms with Crippen molar-refractivity contribution in [3.8, 4) is 11.5 Å². The van der Waals surface area contributed by atoms with E-state index >= 15 is 0 Å². The lowest BCUT2D eigenvalue weighted by molar-refractivity contribution is 0.171. The molecular weight excluding hydrogens is 454 g/mol. The van der Waals surface area contributed by atoms with Crippen LogP contribution in [0, 0.1) is 11.6 Å². The normalized spacial score (nSPS) is 20.5. The zero-order valence-electron chi connectivity index (χ0n) is 16.5. The Kier molecular flexibility index (Phi) is 5.66. The predicted molar refractivity (Wildman–Crippen MR) is 106 cm³/mol. The highest BCUT2D eigenvalue weighted by atomic mass is 32.2. The molecule has 1 atom stereocenters. The number of benzene rings is 2. The minimum Gasteiger partial charge on any atom is -0.486 e. The number of sulfonamides is 2. The van der Waals surface area contributed by atoms with Crippen molar-refractivity contribution in [3.05, 3.63) is 48.0 Å². The van der Waals surface area contributed by atoms with Gasteiger partial charge in [-0.25, -0.2) is 25.6 Å². The largest absolute Gasteiger partial charge is 0.486 e. The van der Waals surface area contributed by atoms with E-state index in [9.17, 15) is 25.6 Å². The third-order valence-corrected chi connectivity index (χ3v) is 9.09. The summed E-state index contributed by atoms with van der Waals surface area (Å²) in [6, 6.07) is 6.31. The van der Waals surface area contributed by atoms with Crippen LogP contribution in [0.4, 0.5) is 8.78 Å². The first-order valence-electron chi connectivity index (χ1n) is 9.48. The molecule has 0 N–H and O–H groups in total. The Balaban J connectivity index is 1.58. The summed E-state index contributed by atoms with van der Waals surface area (Å²) < 4.78 is 92.9. The Morgan fingerprint density at radius 1 is 0.903 bits per heavy atom. The average Bonchev–Trinajstić information content (AvgIpc) is 2.72. The first kappa shape index (κ1) is 21.9. The van der Waals surface area contributed by atoms with E-state index in [4.69, 9.17) is 9.47 Å². The molecule has 0 bridgehead atoms. The Hall–Kier alpha value is -2.28. The third-order valence-electron chi connectivity index (χ3n) is 5.17. The van der Waals surface area contributed by atoms with E-state index in [0.717, 1.165) is 22.5 Å². The van der Waals surface area contributed by atoms with E-state index in [0.29, 0.717) is 24.7 Å². The number of ether oxygens (including phenoxy) is 2. The van der Waals surface area contributed by atoms with Crippen LogP contribution in [0.1, 0.15) is 6.92 Å². The summed E-state index contributed by atoms with van der Waals surface area (Å²) in [5.41, 5.74) is 0. The number of fused-ring (bicyclic) bond motifs is 1. The molecule has 0 aliphatic carbocycles. The maximum absolute atomic E-state index is 14.0. The van der Waals surface area contributed by atoms with Crippen molar-refractivity contribution in [2.45, 2.75) is 22.8 Å². The molecule has 31 heavy (non-hydrogen) atoms. The van der Waals surface area contributed by atoms with Crippen LogP contribution < -0.4 is 9.47 Å². The second kappa shape index (κ2) is 8.01. The quantitative estimate of drug-likeness (QED) is 0.671. The molecule has 12 heteroatoms. The van der Waals surface area contributed by atoms with Crippen LogP contribution in [-0.2, 0) is 20.0 Å². The van der Waals surface area contributed by atoms with Crippen molar-refractivity contribution in [2.24, 2.45) is 0 Å². The molecule has 2 heterocycles. The van der Waals surface area contributed by atoms with E-state index in [1.165, 1.54) is 29.4 Å². The van der Waals surface area contributed by atoms with Gasteiger partial charge in [-0.05, 0) is 31.2 Å². The van der Waals surface area contributed by atoms with Crippen LogP contribution in [0.15, 0.2) is 46.2 Å². The van der Waals surface area contributed by atoms with Crippen molar-refractivity contribution in [1.82, 2.24) is 8.61 Å². The summed E-state index contributed by atoms with van der Waals surface area (Å²) in [6.45, 7) is 1.54. The maximum Gasteiger partial charge on any atom is 0.249 e. The van der Waals surface area contributed by atoms with Crippen molar-refractivity contribution in [3.63, 3.8) is 0 Å². The number of hydrogen-bond donors (Lipinski definition) is 0. The Bertz CT molecular complexity index is 1200. The monoisotopic (exact) mass is 474 g/mol. The molecule has 0 spiro atoms. The lowest BCUT2D eigenvalue weighted by Gasteiger charge is -2.38. The topological polar surface area (TPSA) is 93.2 Å². The number of nitrogens with zero attached hydrogens (tertiary/aromatic N) is 2. The molecule has 2 aromatic rings. The fraction of sp³-hybridized carbons (Fsp3) is 0.368. The van der Waals surface area contributed by atoms with Gasteiger partial charge in [0.1, 0.15) is 24.8 Å². The van der Waals surface area contributed by atoms with Gasteiger partial charge in [-0.15, -0.1) is 0 Å². The summed E-state index contributed by atoms with van der Waals surface area (Å²) >= 11 is 0. The average molecular weight is 475 g/mol. The third kappa shape index (κ3) is 3.88. The van der Waals surface area contributed by atoms with Crippen molar-refractivity contribution < 1.29 is 35.1 Å². The van der Waals surface area contributed by atoms with Gasteiger partial charge in [0.05, 0.1) is 4.90 Å². The number of hydrogen-bond acceptors (Lipinski definition) is 6. The second-order valence-electron chi connectivity index (χ2n) is 7.18. The van der Waals surface area contributed by atoms with Crippen molar-refractivity contribution in [2.75, 3.05) is 32.8 Å². The summed E-state index contributed by atoms with van der Waals surface area (Å²) in [5.74, 6) is -1.63. The Morgan fingerprint density at radius 3 is 2.19 bits per heavy atom. The number of halogens is 2. The zero-order valence-corrected chi connectivity index (χ0v) is 18.1. The van der Waals surface area contributed by atoms with Crippen LogP contribution in [0.2, 0.25) is 0 Å². The van der Waals surface area contributed by atoms with Gasteiger partial charge in [0.15, 0.2) is 16.4 Å². The fourth-order valence-electron chi connectivity index (χ4n) is 3.66. The minimum absolute atomic E-state index is 0.0138. The highest BCUT2D eigenvalue weighted by Crippen LogP contribution is 2.34. The van der Waals surface area contributed by atoms with Crippen LogP contribution in [0.25, 0.3) is 0 Å². The molecule has 1 fully saturated rings. The van der Waals surface area contributed by atoms with Gasteiger partial charge in [0.25, 0.3) is 0 Å². The zero-order chi connectivity index (χ0) is 22.4. The molecule has 0 aromatic heterocycles. The van der Waals surface area contributed by atoms with Crippen molar-refractivity contribution in [1.29, 1.82) is 0 Å². The van der Waals surface area contributed by atoms with Crippen LogP contribution >= 0.6 is 0 Å². The fourth-order valence-corrected chi connectivity index (χ4v) is 6.91. The molecule has 2 aliphatic rings. The SMILES string of the molecule is C[C@H]1CN(S(=O)(=O)c2c(F)cccc2F)CCN1S(=O)(=O)c1ccc2c(c1)OCCO2. The van der Waals surface area contributed by atoms with Gasteiger partial charge in [0, 0.05) is 31.7 Å². The summed E-state index contributed by atoms with van der Waals surface area (Å²) in [7, 11) is -8.44. The van der Waals surface area contributed by atoms with Crippen LogP contribution in [0.5, 0.6) is 11.5 Å². The van der Waals surface area contributed by atoms with Gasteiger partial charge < -0.3 is 9.47 Å². The molecule has 0 radical (unpaired) electrons. The van der Waals surface area contributed by atoms with Crippen LogP contribution in [-0.4, -0.2) is 64.3 Å². The first-order chi connectivity index (χ1) is 14.6. The molecule has 1 saturated heterocycles. The maximum atomic E-state index is 14.0. The molecule has 0 amide bonds. The summed E-state index contributed by atoms with van der Waals surface area (Å²) in [4.78, 5) is -1.05. The van der Waals surface area contributed by atoms with Gasteiger partial charge in [0.2, 0.25) is 20.0 Å². The molecule has 0 unspecified atom stereocenters. The molecule has 2 aromatic carbocycles. The number of rotatable bonds is 4. The lowest BCUT2D eigenvalue weighted by Crippen LogP contribution is -2.55. The van der Waals surface area contributed by atoms with Gasteiger partial charge in [-0.2, -0.15) is 8.61 Å². The number of piperazine rings is 1. The molecule has 0 saturated carbocycles. The van der Waals surface area contributed by atoms with Gasteiger partial charge in [-0.1, -0.05) is 6.07 Å².